The van der Waals surface area contributed by atoms with Crippen molar-refractivity contribution in [3.63, 3.8) is 0 Å². The minimum Gasteiger partial charge on any atom is -0.481 e. The molecule has 0 saturated heterocycles. The molecule has 0 aromatic carbocycles. The summed E-state index contributed by atoms with van der Waals surface area (Å²) in [5, 5.41) is 18.5. The number of nitrogens with one attached hydrogen (secondary N) is 3. The van der Waals surface area contributed by atoms with Crippen LogP contribution in [0.5, 0.6) is 0 Å². The second kappa shape index (κ2) is 12.3. The summed E-state index contributed by atoms with van der Waals surface area (Å²) in [6.45, 7) is 1.49. The van der Waals surface area contributed by atoms with Crippen LogP contribution in [0.4, 0.5) is 5.82 Å². The normalized spacial score (nSPS) is 23.1. The number of hydrogen-bond donors (Lipinski definition) is 4. The van der Waals surface area contributed by atoms with Gasteiger partial charge in [-0.3, -0.25) is 19.2 Å². The lowest BCUT2D eigenvalue weighted by Crippen LogP contribution is -2.59. The van der Waals surface area contributed by atoms with Gasteiger partial charge in [0.2, 0.25) is 0 Å². The maximum Gasteiger partial charge on any atom is 0.314 e. The van der Waals surface area contributed by atoms with Crippen molar-refractivity contribution in [2.75, 3.05) is 18.9 Å². The molecule has 0 spiro atoms. The fraction of sp³-hybridized carbons (Fsp3) is 0.500. The molecule has 0 unspecified atom stereocenters. The lowest BCUT2D eigenvalue weighted by atomic mass is 9.68. The summed E-state index contributed by atoms with van der Waals surface area (Å²) in [6.07, 6.45) is 1.68. The number of hydrogen-bond acceptors (Lipinski definition) is 8. The number of alkyl halides is 3. The first-order valence-corrected chi connectivity index (χ1v) is 14.6. The number of carbonyl (C=O) groups is 4. The lowest BCUT2D eigenvalue weighted by molar-refractivity contribution is -0.152. The molecule has 1 aliphatic carbocycles. The number of carbonyl (C=O) groups excluding carboxylic acids is 3. The number of thiazole rings is 1. The molecule has 40 heavy (non-hydrogen) atoms. The molecule has 2 aromatic heterocycles. The van der Waals surface area contributed by atoms with Gasteiger partial charge in [0.1, 0.15) is 5.82 Å². The van der Waals surface area contributed by atoms with E-state index in [1.807, 2.05) is 7.05 Å². The van der Waals surface area contributed by atoms with E-state index >= 15 is 0 Å². The van der Waals surface area contributed by atoms with Gasteiger partial charge in [-0.05, 0) is 38.4 Å². The van der Waals surface area contributed by atoms with E-state index in [4.69, 9.17) is 46.4 Å². The number of halogens is 4. The fourth-order valence-electron chi connectivity index (χ4n) is 4.94. The van der Waals surface area contributed by atoms with Crippen molar-refractivity contribution in [3.05, 3.63) is 38.9 Å². The summed E-state index contributed by atoms with van der Waals surface area (Å²) in [5.74, 6) is -3.58. The summed E-state index contributed by atoms with van der Waals surface area (Å²) >= 11 is 25.1. The Morgan fingerprint density at radius 3 is 2.58 bits per heavy atom. The molecule has 16 heteroatoms. The minimum absolute atomic E-state index is 0.0335. The number of rotatable bonds is 6. The molecule has 4 rings (SSSR count). The molecule has 3 amide bonds. The van der Waals surface area contributed by atoms with Crippen LogP contribution in [0.15, 0.2) is 18.3 Å². The summed E-state index contributed by atoms with van der Waals surface area (Å²) in [6, 6.07) is 1.24. The van der Waals surface area contributed by atoms with Crippen LogP contribution in [0.1, 0.15) is 46.1 Å². The maximum absolute atomic E-state index is 13.3. The van der Waals surface area contributed by atoms with E-state index in [1.165, 1.54) is 29.7 Å². The van der Waals surface area contributed by atoms with E-state index in [2.05, 4.69) is 30.8 Å². The first kappa shape index (κ1) is 30.7. The standard InChI is InChI=1S/C24H26Cl4N6O5S/c1-34-7-5-14-16(10-34)40-21(32-14)20(37)31-15-8-23(22(38)39,11-24(26,27)28)6-4-13(15)30-18(35)19(36)33-17-3-2-12(25)9-29-17/h2-3,9,13,15H,4-8,10-11H2,1H3,(H,30,35)(H,31,37)(H,38,39)(H,29,33,36)/t13-,15+,23-/m0/s1. The third-order valence-electron chi connectivity index (χ3n) is 6.95. The van der Waals surface area contributed by atoms with Crippen molar-refractivity contribution in [1.82, 2.24) is 25.5 Å². The zero-order valence-corrected chi connectivity index (χ0v) is 25.0. The van der Waals surface area contributed by atoms with Crippen molar-refractivity contribution in [1.29, 1.82) is 0 Å². The number of nitrogens with zero attached hydrogens (tertiary/aromatic N) is 3. The lowest BCUT2D eigenvalue weighted by Gasteiger charge is -2.43. The quantitative estimate of drug-likeness (QED) is 0.274. The van der Waals surface area contributed by atoms with Crippen LogP contribution >= 0.6 is 57.7 Å². The van der Waals surface area contributed by atoms with Crippen molar-refractivity contribution < 1.29 is 24.3 Å². The molecule has 216 valence electrons. The average Bonchev–Trinajstić information content (AvgIpc) is 3.29. The highest BCUT2D eigenvalue weighted by atomic mass is 35.6. The van der Waals surface area contributed by atoms with E-state index in [9.17, 15) is 24.3 Å². The van der Waals surface area contributed by atoms with Crippen LogP contribution < -0.4 is 16.0 Å². The molecule has 2 aromatic rings. The monoisotopic (exact) mass is 650 g/mol. The van der Waals surface area contributed by atoms with Crippen LogP contribution in [-0.2, 0) is 27.3 Å². The summed E-state index contributed by atoms with van der Waals surface area (Å²) in [5.41, 5.74) is -0.643. The Bertz CT molecular complexity index is 1300. The predicted molar refractivity (Wildman–Crippen MR) is 152 cm³/mol. The molecule has 1 saturated carbocycles. The summed E-state index contributed by atoms with van der Waals surface area (Å²) < 4.78 is -1.87. The molecule has 1 aliphatic heterocycles. The molecule has 3 atom stereocenters. The van der Waals surface area contributed by atoms with Gasteiger partial charge in [0.15, 0.2) is 8.80 Å². The van der Waals surface area contributed by atoms with Gasteiger partial charge >= 0.3 is 17.8 Å². The van der Waals surface area contributed by atoms with Crippen molar-refractivity contribution in [2.24, 2.45) is 5.41 Å². The number of likely N-dealkylation sites (N-methyl/N-ethyl adjacent to an activating group) is 1. The Kier molecular flexibility index (Phi) is 9.48. The third-order valence-corrected chi connectivity index (χ3v) is 8.65. The van der Waals surface area contributed by atoms with Crippen molar-refractivity contribution in [2.45, 2.75) is 54.5 Å². The number of pyridine rings is 1. The average molecular weight is 652 g/mol. The van der Waals surface area contributed by atoms with Crippen molar-refractivity contribution in [3.8, 4) is 0 Å². The smallest absolute Gasteiger partial charge is 0.314 e. The Balaban J connectivity index is 1.53. The van der Waals surface area contributed by atoms with E-state index < -0.39 is 45.0 Å². The summed E-state index contributed by atoms with van der Waals surface area (Å²) in [7, 11) is 1.98. The molecular weight excluding hydrogens is 626 g/mol. The highest BCUT2D eigenvalue weighted by molar-refractivity contribution is 7.13. The van der Waals surface area contributed by atoms with Gasteiger partial charge in [0.05, 0.1) is 22.2 Å². The zero-order valence-electron chi connectivity index (χ0n) is 21.2. The second-order valence-electron chi connectivity index (χ2n) is 9.97. The third kappa shape index (κ3) is 7.54. The Hall–Kier alpha value is -2.22. The molecule has 1 fully saturated rings. The number of carboxylic acids is 1. The van der Waals surface area contributed by atoms with Gasteiger partial charge in [0.25, 0.3) is 5.91 Å². The SMILES string of the molecule is CN1CCc2nc(C(=O)N[C@@H]3C[C@@](CC(Cl)(Cl)Cl)(C(=O)O)CC[C@@H]3NC(=O)C(=O)Nc3ccc(Cl)cn3)sc2C1. The Morgan fingerprint density at radius 1 is 1.18 bits per heavy atom. The number of fused-ring (bicyclic) bond motifs is 1. The number of anilines is 1. The molecular formula is C24H26Cl4N6O5S. The van der Waals surface area contributed by atoms with E-state index in [-0.39, 0.29) is 36.5 Å². The molecule has 3 heterocycles. The molecule has 2 aliphatic rings. The van der Waals surface area contributed by atoms with Gasteiger partial charge in [0, 0.05) is 43.0 Å². The van der Waals surface area contributed by atoms with Gasteiger partial charge in [-0.1, -0.05) is 46.4 Å². The van der Waals surface area contributed by atoms with E-state index in [1.54, 1.807) is 0 Å². The van der Waals surface area contributed by atoms with Gasteiger partial charge in [-0.25, -0.2) is 9.97 Å². The Labute approximate surface area is 253 Å². The Morgan fingerprint density at radius 2 is 1.93 bits per heavy atom. The van der Waals surface area contributed by atoms with Crippen molar-refractivity contribution >= 4 is 87.2 Å². The number of aromatic nitrogens is 2. The highest BCUT2D eigenvalue weighted by Crippen LogP contribution is 2.48. The largest absolute Gasteiger partial charge is 0.481 e. The number of carboxylic acid groups (broad SMARTS) is 1. The molecule has 0 bridgehead atoms. The zero-order chi connectivity index (χ0) is 29.2. The predicted octanol–water partition coefficient (Wildman–Crippen LogP) is 3.42. The van der Waals surface area contributed by atoms with Gasteiger partial charge in [-0.2, -0.15) is 0 Å². The van der Waals surface area contributed by atoms with E-state index in [0.29, 0.717) is 18.0 Å². The maximum atomic E-state index is 13.3. The summed E-state index contributed by atoms with van der Waals surface area (Å²) in [4.78, 5) is 62.6. The molecule has 4 N–H and O–H groups in total. The first-order valence-electron chi connectivity index (χ1n) is 12.3. The highest BCUT2D eigenvalue weighted by Gasteiger charge is 2.51. The minimum atomic E-state index is -1.87. The topological polar surface area (TPSA) is 154 Å². The first-order chi connectivity index (χ1) is 18.7. The van der Waals surface area contributed by atoms with Gasteiger partial charge in [-0.15, -0.1) is 11.3 Å². The number of aliphatic carboxylic acids is 1. The van der Waals surface area contributed by atoms with Crippen LogP contribution in [0.25, 0.3) is 0 Å². The van der Waals surface area contributed by atoms with Crippen LogP contribution in [-0.4, -0.2) is 73.1 Å². The fourth-order valence-corrected chi connectivity index (χ4v) is 6.91. The van der Waals surface area contributed by atoms with Crippen LogP contribution in [0.2, 0.25) is 5.02 Å². The number of amides is 3. The molecule has 0 radical (unpaired) electrons. The second-order valence-corrected chi connectivity index (χ2v) is 14.0. The van der Waals surface area contributed by atoms with Crippen LogP contribution in [0, 0.1) is 5.41 Å². The molecule has 11 nitrogen and oxygen atoms in total. The van der Waals surface area contributed by atoms with E-state index in [0.717, 1.165) is 17.1 Å². The van der Waals surface area contributed by atoms with Gasteiger partial charge < -0.3 is 26.0 Å². The van der Waals surface area contributed by atoms with Crippen LogP contribution in [0.3, 0.4) is 0 Å².